The fourth-order valence-corrected chi connectivity index (χ4v) is 6.63. The van der Waals surface area contributed by atoms with E-state index in [9.17, 15) is 18.0 Å². The van der Waals surface area contributed by atoms with Crippen LogP contribution in [0.4, 0.5) is 5.69 Å². The summed E-state index contributed by atoms with van der Waals surface area (Å²) in [6.07, 6.45) is 0.212. The number of methoxy groups -OCH3 is 1. The van der Waals surface area contributed by atoms with Crippen LogP contribution in [0.1, 0.15) is 25.0 Å². The molecule has 0 heterocycles. The summed E-state index contributed by atoms with van der Waals surface area (Å²) in [5, 5.41) is 3.67. The predicted molar refractivity (Wildman–Crippen MR) is 183 cm³/mol. The van der Waals surface area contributed by atoms with Gasteiger partial charge in [-0.3, -0.25) is 13.9 Å². The number of carbonyl (C=O) groups is 2. The zero-order valence-electron chi connectivity index (χ0n) is 25.9. The topological polar surface area (TPSA) is 96.0 Å². The molecule has 0 aliphatic heterocycles. The van der Waals surface area contributed by atoms with E-state index >= 15 is 0 Å². The Kier molecular flexibility index (Phi) is 12.1. The monoisotopic (exact) mass is 681 g/mol. The third kappa shape index (κ3) is 9.02. The van der Waals surface area contributed by atoms with Gasteiger partial charge in [0.2, 0.25) is 11.8 Å². The molecule has 0 saturated heterocycles. The van der Waals surface area contributed by atoms with Crippen molar-refractivity contribution in [2.24, 2.45) is 5.92 Å². The average molecular weight is 683 g/mol. The average Bonchev–Trinajstić information content (AvgIpc) is 3.05. The van der Waals surface area contributed by atoms with Gasteiger partial charge in [0, 0.05) is 24.5 Å². The normalized spacial score (nSPS) is 12.0. The molecule has 4 aromatic rings. The van der Waals surface area contributed by atoms with E-state index < -0.39 is 28.5 Å². The molecule has 4 aromatic carbocycles. The fraction of sp³-hybridized carbons (Fsp3) is 0.257. The summed E-state index contributed by atoms with van der Waals surface area (Å²) < 4.78 is 34.5. The second-order valence-corrected chi connectivity index (χ2v) is 13.8. The highest BCUT2D eigenvalue weighted by Crippen LogP contribution is 2.32. The second-order valence-electron chi connectivity index (χ2n) is 11.1. The molecule has 2 amide bonds. The van der Waals surface area contributed by atoms with Gasteiger partial charge in [-0.05, 0) is 59.5 Å². The van der Waals surface area contributed by atoms with Gasteiger partial charge in [-0.25, -0.2) is 8.42 Å². The zero-order chi connectivity index (χ0) is 33.3. The van der Waals surface area contributed by atoms with E-state index in [-0.39, 0.29) is 40.4 Å². The maximum atomic E-state index is 14.5. The van der Waals surface area contributed by atoms with E-state index in [1.54, 1.807) is 48.5 Å². The van der Waals surface area contributed by atoms with Gasteiger partial charge >= 0.3 is 0 Å². The highest BCUT2D eigenvalue weighted by Gasteiger charge is 2.35. The number of carbonyl (C=O) groups excluding carboxylic acids is 2. The van der Waals surface area contributed by atoms with Crippen LogP contribution in [0.15, 0.2) is 108 Å². The molecule has 0 spiro atoms. The summed E-state index contributed by atoms with van der Waals surface area (Å²) in [7, 11) is -2.80. The molecule has 0 aliphatic rings. The van der Waals surface area contributed by atoms with Gasteiger partial charge in [-0.2, -0.15) is 0 Å². The molecule has 242 valence electrons. The Morgan fingerprint density at radius 1 is 0.848 bits per heavy atom. The Bertz CT molecular complexity index is 1720. The molecule has 1 unspecified atom stereocenters. The first-order valence-corrected chi connectivity index (χ1v) is 17.0. The molecule has 11 heteroatoms. The SMILES string of the molecule is COc1ccc(N(CC(=O)N(Cc2ccc(Cl)cc2)C(Cc2ccccc2)C(=O)NCC(C)C)S(=O)(=O)c2ccccc2)cc1Cl. The molecule has 1 atom stereocenters. The van der Waals surface area contributed by atoms with Gasteiger partial charge in [-0.1, -0.05) is 97.7 Å². The van der Waals surface area contributed by atoms with E-state index in [0.29, 0.717) is 17.3 Å². The number of halogens is 2. The van der Waals surface area contributed by atoms with Gasteiger partial charge in [0.15, 0.2) is 0 Å². The summed E-state index contributed by atoms with van der Waals surface area (Å²) in [5.41, 5.74) is 1.73. The molecule has 4 rings (SSSR count). The first-order valence-electron chi connectivity index (χ1n) is 14.8. The third-order valence-corrected chi connectivity index (χ3v) is 9.59. The molecular weight excluding hydrogens is 645 g/mol. The van der Waals surface area contributed by atoms with Gasteiger partial charge in [0.25, 0.3) is 10.0 Å². The van der Waals surface area contributed by atoms with Crippen molar-refractivity contribution in [2.45, 2.75) is 37.8 Å². The predicted octanol–water partition coefficient (Wildman–Crippen LogP) is 6.61. The van der Waals surface area contributed by atoms with Crippen LogP contribution < -0.4 is 14.4 Å². The molecule has 0 saturated carbocycles. The summed E-state index contributed by atoms with van der Waals surface area (Å²) in [4.78, 5) is 29.8. The minimum atomic E-state index is -4.26. The molecule has 1 N–H and O–H groups in total. The lowest BCUT2D eigenvalue weighted by Crippen LogP contribution is -2.53. The van der Waals surface area contributed by atoms with Crippen LogP contribution in [0.2, 0.25) is 10.0 Å². The Balaban J connectivity index is 1.81. The van der Waals surface area contributed by atoms with Crippen LogP contribution in [-0.2, 0) is 32.6 Å². The number of nitrogens with one attached hydrogen (secondary N) is 1. The number of sulfonamides is 1. The van der Waals surface area contributed by atoms with E-state index in [1.807, 2.05) is 44.2 Å². The van der Waals surface area contributed by atoms with Crippen LogP contribution in [-0.4, -0.2) is 51.4 Å². The smallest absolute Gasteiger partial charge is 0.264 e. The lowest BCUT2D eigenvalue weighted by Gasteiger charge is -2.34. The number of nitrogens with zero attached hydrogens (tertiary/aromatic N) is 2. The molecule has 0 bridgehead atoms. The summed E-state index contributed by atoms with van der Waals surface area (Å²) in [5.74, 6) is -0.400. The first-order chi connectivity index (χ1) is 22.0. The molecule has 46 heavy (non-hydrogen) atoms. The largest absolute Gasteiger partial charge is 0.495 e. The Labute approximate surface area is 280 Å². The van der Waals surface area contributed by atoms with Crippen molar-refractivity contribution in [3.05, 3.63) is 124 Å². The van der Waals surface area contributed by atoms with Crippen molar-refractivity contribution < 1.29 is 22.7 Å². The van der Waals surface area contributed by atoms with E-state index in [0.717, 1.165) is 15.4 Å². The van der Waals surface area contributed by atoms with Gasteiger partial charge in [0.1, 0.15) is 18.3 Å². The number of hydrogen-bond acceptors (Lipinski definition) is 5. The quantitative estimate of drug-likeness (QED) is 0.162. The van der Waals surface area contributed by atoms with Crippen molar-refractivity contribution in [3.63, 3.8) is 0 Å². The van der Waals surface area contributed by atoms with Crippen molar-refractivity contribution in [1.29, 1.82) is 0 Å². The van der Waals surface area contributed by atoms with Crippen LogP contribution >= 0.6 is 23.2 Å². The molecule has 8 nitrogen and oxygen atoms in total. The van der Waals surface area contributed by atoms with Crippen molar-refractivity contribution in [1.82, 2.24) is 10.2 Å². The van der Waals surface area contributed by atoms with Gasteiger partial charge < -0.3 is 15.0 Å². The summed E-state index contributed by atoms with van der Waals surface area (Å²) in [6, 6.07) is 27.7. The van der Waals surface area contributed by atoms with Crippen LogP contribution in [0.5, 0.6) is 5.75 Å². The third-order valence-electron chi connectivity index (χ3n) is 7.26. The summed E-state index contributed by atoms with van der Waals surface area (Å²) in [6.45, 7) is 3.80. The molecular formula is C35H37Cl2N3O5S. The van der Waals surface area contributed by atoms with Crippen LogP contribution in [0.25, 0.3) is 0 Å². The summed E-state index contributed by atoms with van der Waals surface area (Å²) >= 11 is 12.6. The van der Waals surface area contributed by atoms with Gasteiger partial charge in [-0.15, -0.1) is 0 Å². The lowest BCUT2D eigenvalue weighted by molar-refractivity contribution is -0.140. The maximum absolute atomic E-state index is 14.5. The number of ether oxygens (including phenoxy) is 1. The number of amides is 2. The van der Waals surface area contributed by atoms with Crippen LogP contribution in [0.3, 0.4) is 0 Å². The number of anilines is 1. The van der Waals surface area contributed by atoms with E-state index in [1.165, 1.54) is 36.3 Å². The molecule has 0 radical (unpaired) electrons. The van der Waals surface area contributed by atoms with Gasteiger partial charge in [0.05, 0.1) is 22.7 Å². The molecule has 0 fully saturated rings. The van der Waals surface area contributed by atoms with E-state index in [2.05, 4.69) is 5.32 Å². The standard InChI is InChI=1S/C35H37Cl2N3O5S/c1-25(2)22-38-35(42)32(20-26-10-6-4-7-11-26)39(23-27-14-16-28(36)17-15-27)34(41)24-40(29-18-19-33(45-3)31(37)21-29)46(43,44)30-12-8-5-9-13-30/h4-19,21,25,32H,20,22-24H2,1-3H3,(H,38,42). The minimum absolute atomic E-state index is 0.00509. The highest BCUT2D eigenvalue weighted by molar-refractivity contribution is 7.92. The number of hydrogen-bond donors (Lipinski definition) is 1. The maximum Gasteiger partial charge on any atom is 0.264 e. The minimum Gasteiger partial charge on any atom is -0.495 e. The van der Waals surface area contributed by atoms with Crippen molar-refractivity contribution in [3.8, 4) is 5.75 Å². The Hall–Kier alpha value is -4.05. The second kappa shape index (κ2) is 16.0. The lowest BCUT2D eigenvalue weighted by atomic mass is 10.0. The van der Waals surface area contributed by atoms with Crippen molar-refractivity contribution in [2.75, 3.05) is 24.5 Å². The van der Waals surface area contributed by atoms with Crippen molar-refractivity contribution >= 4 is 50.7 Å². The van der Waals surface area contributed by atoms with E-state index in [4.69, 9.17) is 27.9 Å². The molecule has 0 aliphatic carbocycles. The first kappa shape index (κ1) is 34.8. The Morgan fingerprint density at radius 2 is 1.48 bits per heavy atom. The number of benzene rings is 4. The highest BCUT2D eigenvalue weighted by atomic mass is 35.5. The number of rotatable bonds is 14. The van der Waals surface area contributed by atoms with Crippen LogP contribution in [0, 0.1) is 5.92 Å². The zero-order valence-corrected chi connectivity index (χ0v) is 28.2. The Morgan fingerprint density at radius 3 is 2.07 bits per heavy atom. The fourth-order valence-electron chi connectivity index (χ4n) is 4.82. The molecule has 0 aromatic heterocycles.